The number of likely N-dealkylation sites (tertiary alicyclic amines) is 1. The lowest BCUT2D eigenvalue weighted by atomic mass is 9.76. The number of alkyl halides is 2. The maximum Gasteiger partial charge on any atom is 0.322 e. The Morgan fingerprint density at radius 2 is 1.51 bits per heavy atom. The first-order valence-electron chi connectivity index (χ1n) is 12.5. The van der Waals surface area contributed by atoms with Gasteiger partial charge >= 0.3 is 11.9 Å². The fraction of sp³-hybridized carbons (Fsp3) is 0.556. The molecular formula is C27H31Br2NO9. The van der Waals surface area contributed by atoms with Crippen LogP contribution in [0.3, 0.4) is 0 Å². The molecule has 4 atom stereocenters. The smallest absolute Gasteiger partial charge is 0.322 e. The monoisotopic (exact) mass is 671 g/mol. The molecule has 0 aromatic heterocycles. The molecule has 1 aromatic rings. The van der Waals surface area contributed by atoms with Crippen LogP contribution >= 0.6 is 31.9 Å². The molecule has 0 saturated carbocycles. The van der Waals surface area contributed by atoms with Crippen LogP contribution in [0.2, 0.25) is 0 Å². The van der Waals surface area contributed by atoms with Gasteiger partial charge in [0.05, 0.1) is 25.7 Å². The zero-order chi connectivity index (χ0) is 28.8. The molecule has 2 saturated heterocycles. The summed E-state index contributed by atoms with van der Waals surface area (Å²) in [5.74, 6) is -5.10. The Morgan fingerprint density at radius 3 is 2.08 bits per heavy atom. The summed E-state index contributed by atoms with van der Waals surface area (Å²) in [6, 6.07) is 7.00. The number of esters is 2. The highest BCUT2D eigenvalue weighted by Crippen LogP contribution is 2.57. The van der Waals surface area contributed by atoms with Gasteiger partial charge in [-0.2, -0.15) is 0 Å². The maximum absolute atomic E-state index is 13.4. The lowest BCUT2D eigenvalue weighted by molar-refractivity contribution is -0.182. The molecule has 0 spiro atoms. The quantitative estimate of drug-likeness (QED) is 0.163. The Balaban J connectivity index is 1.44. The Hall–Kier alpha value is -2.28. The van der Waals surface area contributed by atoms with Crippen LogP contribution in [0.1, 0.15) is 33.3 Å². The highest BCUT2D eigenvalue weighted by Gasteiger charge is 2.75. The highest BCUT2D eigenvalue weighted by atomic mass is 79.9. The van der Waals surface area contributed by atoms with Crippen molar-refractivity contribution < 1.29 is 43.2 Å². The van der Waals surface area contributed by atoms with E-state index in [1.807, 2.05) is 0 Å². The van der Waals surface area contributed by atoms with E-state index in [-0.39, 0.29) is 25.7 Å². The van der Waals surface area contributed by atoms with Crippen molar-refractivity contribution in [2.24, 2.45) is 11.8 Å². The Kier molecular flexibility index (Phi) is 8.08. The molecular weight excluding hydrogens is 642 g/mol. The van der Waals surface area contributed by atoms with Crippen LogP contribution < -0.4 is 4.74 Å². The minimum absolute atomic E-state index is 0.122. The van der Waals surface area contributed by atoms with E-state index in [4.69, 9.17) is 18.9 Å². The van der Waals surface area contributed by atoms with Crippen molar-refractivity contribution in [3.63, 3.8) is 0 Å². The van der Waals surface area contributed by atoms with Gasteiger partial charge in [-0.15, -0.1) is 0 Å². The number of ether oxygens (including phenoxy) is 4. The normalized spacial score (nSPS) is 27.6. The molecule has 2 bridgehead atoms. The van der Waals surface area contributed by atoms with Crippen LogP contribution in [0, 0.1) is 11.8 Å². The SMILES string of the molecule is CC(C)(Br)C(=O)OCCc1ccc(OC23C=CC(CO)(O2)C2C(=O)N(CCOC(=O)C(C)(C)Br)C(=O)C23)cc1. The van der Waals surface area contributed by atoms with E-state index in [0.717, 1.165) is 10.5 Å². The summed E-state index contributed by atoms with van der Waals surface area (Å²) in [4.78, 5) is 51.8. The minimum Gasteiger partial charge on any atom is -0.464 e. The van der Waals surface area contributed by atoms with Gasteiger partial charge < -0.3 is 24.1 Å². The maximum atomic E-state index is 13.4. The van der Waals surface area contributed by atoms with Crippen LogP contribution in [-0.2, 0) is 39.8 Å². The van der Waals surface area contributed by atoms with Crippen molar-refractivity contribution in [1.29, 1.82) is 0 Å². The largest absolute Gasteiger partial charge is 0.464 e. The first-order chi connectivity index (χ1) is 18.1. The van der Waals surface area contributed by atoms with Gasteiger partial charge in [0.1, 0.15) is 32.5 Å². The van der Waals surface area contributed by atoms with Crippen molar-refractivity contribution in [3.8, 4) is 5.75 Å². The van der Waals surface area contributed by atoms with E-state index in [0.29, 0.717) is 12.2 Å². The Labute approximate surface area is 243 Å². The third-order valence-electron chi connectivity index (χ3n) is 6.90. The first kappa shape index (κ1) is 29.7. The lowest BCUT2D eigenvalue weighted by Crippen LogP contribution is -2.46. The topological polar surface area (TPSA) is 129 Å². The second kappa shape index (κ2) is 10.6. The Morgan fingerprint density at radius 1 is 0.949 bits per heavy atom. The van der Waals surface area contributed by atoms with Gasteiger partial charge in [-0.05, 0) is 57.5 Å². The standard InChI is InChI=1S/C27H31Br2NO9/c1-24(2,28)22(34)36-13-9-16-5-7-17(8-6-16)38-27-11-10-26(15-31,39-27)18-19(27)21(33)30(20(18)32)12-14-37-23(35)25(3,4)29/h5-8,10-11,18-19,31H,9,12-15H2,1-4H3. The fourth-order valence-electron chi connectivity index (χ4n) is 4.85. The van der Waals surface area contributed by atoms with Gasteiger partial charge in [-0.1, -0.05) is 44.0 Å². The second-order valence-corrected chi connectivity index (χ2v) is 14.7. The van der Waals surface area contributed by atoms with E-state index in [2.05, 4.69) is 31.9 Å². The third kappa shape index (κ3) is 5.66. The summed E-state index contributed by atoms with van der Waals surface area (Å²) in [5, 5.41) is 10.2. The number of aliphatic hydroxyl groups excluding tert-OH is 1. The van der Waals surface area contributed by atoms with Crippen LogP contribution in [-0.4, -0.2) is 80.2 Å². The number of nitrogens with zero attached hydrogens (tertiary/aromatic N) is 1. The van der Waals surface area contributed by atoms with Crippen LogP contribution in [0.4, 0.5) is 0 Å². The number of fused-ring (bicyclic) bond motifs is 5. The predicted molar refractivity (Wildman–Crippen MR) is 145 cm³/mol. The summed E-state index contributed by atoms with van der Waals surface area (Å²) in [7, 11) is 0. The van der Waals surface area contributed by atoms with Gasteiger partial charge in [0.2, 0.25) is 17.6 Å². The van der Waals surface area contributed by atoms with Crippen molar-refractivity contribution in [2.75, 3.05) is 26.4 Å². The third-order valence-corrected chi connectivity index (χ3v) is 7.54. The molecule has 2 fully saturated rings. The van der Waals surface area contributed by atoms with Crippen LogP contribution in [0.25, 0.3) is 0 Å². The molecule has 2 amide bonds. The lowest BCUT2D eigenvalue weighted by Gasteiger charge is -2.30. The zero-order valence-electron chi connectivity index (χ0n) is 22.1. The molecule has 3 aliphatic heterocycles. The molecule has 4 unspecified atom stereocenters. The molecule has 1 aromatic carbocycles. The number of benzene rings is 1. The van der Waals surface area contributed by atoms with E-state index >= 15 is 0 Å². The summed E-state index contributed by atoms with van der Waals surface area (Å²) in [6.07, 6.45) is 3.64. The van der Waals surface area contributed by atoms with E-state index in [1.165, 1.54) is 0 Å². The number of hydrogen-bond donors (Lipinski definition) is 1. The van der Waals surface area contributed by atoms with Crippen molar-refractivity contribution in [2.45, 2.75) is 54.2 Å². The van der Waals surface area contributed by atoms with Crippen molar-refractivity contribution in [1.82, 2.24) is 4.90 Å². The van der Waals surface area contributed by atoms with Gasteiger partial charge in [0.25, 0.3) is 0 Å². The van der Waals surface area contributed by atoms with Gasteiger partial charge in [-0.25, -0.2) is 0 Å². The molecule has 10 nitrogen and oxygen atoms in total. The van der Waals surface area contributed by atoms with Crippen LogP contribution in [0.15, 0.2) is 36.4 Å². The number of carbonyl (C=O) groups is 4. The number of halogens is 2. The number of aliphatic hydroxyl groups is 1. The fourth-order valence-corrected chi connectivity index (χ4v) is 5.08. The minimum atomic E-state index is -1.58. The molecule has 3 aliphatic rings. The van der Waals surface area contributed by atoms with E-state index in [1.54, 1.807) is 64.1 Å². The number of rotatable bonds is 11. The summed E-state index contributed by atoms with van der Waals surface area (Å²) < 4.78 is 21.1. The molecule has 0 radical (unpaired) electrons. The number of carbonyl (C=O) groups excluding carboxylic acids is 4. The molecule has 212 valence electrons. The number of hydrogen-bond acceptors (Lipinski definition) is 9. The van der Waals surface area contributed by atoms with Crippen LogP contribution in [0.5, 0.6) is 5.75 Å². The molecule has 39 heavy (non-hydrogen) atoms. The summed E-state index contributed by atoms with van der Waals surface area (Å²) in [5.41, 5.74) is -0.496. The average Bonchev–Trinajstić information content (AvgIpc) is 3.46. The van der Waals surface area contributed by atoms with Gasteiger partial charge in [0, 0.05) is 6.42 Å². The average molecular weight is 673 g/mol. The first-order valence-corrected chi connectivity index (χ1v) is 14.1. The summed E-state index contributed by atoms with van der Waals surface area (Å²) in [6.45, 7) is 6.09. The van der Waals surface area contributed by atoms with Gasteiger partial charge in [-0.3, -0.25) is 24.1 Å². The predicted octanol–water partition coefficient (Wildman–Crippen LogP) is 2.67. The summed E-state index contributed by atoms with van der Waals surface area (Å²) >= 11 is 6.48. The van der Waals surface area contributed by atoms with E-state index in [9.17, 15) is 24.3 Å². The van der Waals surface area contributed by atoms with Crippen molar-refractivity contribution in [3.05, 3.63) is 42.0 Å². The second-order valence-electron chi connectivity index (χ2n) is 10.8. The highest BCUT2D eigenvalue weighted by molar-refractivity contribution is 9.10. The van der Waals surface area contributed by atoms with Gasteiger partial charge in [0.15, 0.2) is 0 Å². The molecule has 12 heteroatoms. The Bertz CT molecular complexity index is 1190. The van der Waals surface area contributed by atoms with Crippen molar-refractivity contribution >= 4 is 55.6 Å². The molecule has 3 heterocycles. The number of amides is 2. The zero-order valence-corrected chi connectivity index (χ0v) is 25.2. The van der Waals surface area contributed by atoms with E-state index < -0.39 is 56.3 Å². The number of imide groups is 1. The molecule has 1 N–H and O–H groups in total. The molecule has 0 aliphatic carbocycles. The molecule has 4 rings (SSSR count).